The van der Waals surface area contributed by atoms with Crippen LogP contribution in [0.3, 0.4) is 0 Å². The molecule has 6 nitrogen and oxygen atoms in total. The Labute approximate surface area is 167 Å². The van der Waals surface area contributed by atoms with Crippen molar-refractivity contribution in [2.75, 3.05) is 18.5 Å². The van der Waals surface area contributed by atoms with E-state index in [1.54, 1.807) is 26.0 Å². The van der Waals surface area contributed by atoms with E-state index in [0.29, 0.717) is 12.8 Å². The standard InChI is InChI=1S/C20H23F3N4O2/c1-5-12(2)9-17(28)26(4)19(29)16-7-6-8-27(16)18-14(11-24)15(20(21,22)23)10-13(3)25-18/h5,9-10,16,28H,6-8H2,1-4H3/b12-5-,17-9-. The van der Waals surface area contributed by atoms with Gasteiger partial charge >= 0.3 is 6.18 Å². The number of pyridine rings is 1. The molecule has 0 saturated carbocycles. The summed E-state index contributed by atoms with van der Waals surface area (Å²) in [6.45, 7) is 5.23. The van der Waals surface area contributed by atoms with E-state index < -0.39 is 29.3 Å². The van der Waals surface area contributed by atoms with Gasteiger partial charge < -0.3 is 10.0 Å². The third-order valence-corrected chi connectivity index (χ3v) is 4.84. The maximum Gasteiger partial charge on any atom is 0.417 e. The van der Waals surface area contributed by atoms with Gasteiger partial charge in [0, 0.05) is 25.4 Å². The number of aromatic nitrogens is 1. The normalized spacial score (nSPS) is 18.0. The van der Waals surface area contributed by atoms with Crippen LogP contribution in [0.5, 0.6) is 0 Å². The van der Waals surface area contributed by atoms with Gasteiger partial charge in [-0.2, -0.15) is 18.4 Å². The van der Waals surface area contributed by atoms with Crippen LogP contribution in [0.4, 0.5) is 19.0 Å². The number of aliphatic hydroxyl groups excluding tert-OH is 1. The molecule has 1 amide bonds. The number of allylic oxidation sites excluding steroid dienone is 3. The zero-order valence-corrected chi connectivity index (χ0v) is 16.7. The average molecular weight is 408 g/mol. The predicted molar refractivity (Wildman–Crippen MR) is 102 cm³/mol. The molecule has 1 aromatic heterocycles. The molecule has 2 rings (SSSR count). The molecule has 1 aliphatic rings. The lowest BCUT2D eigenvalue weighted by Crippen LogP contribution is -2.44. The summed E-state index contributed by atoms with van der Waals surface area (Å²) in [6.07, 6.45) is -0.616. The molecule has 1 unspecified atom stereocenters. The van der Waals surface area contributed by atoms with Crippen LogP contribution in [0, 0.1) is 18.3 Å². The largest absolute Gasteiger partial charge is 0.494 e. The van der Waals surface area contributed by atoms with Gasteiger partial charge in [0.1, 0.15) is 23.5 Å². The molecule has 29 heavy (non-hydrogen) atoms. The second-order valence-electron chi connectivity index (χ2n) is 6.90. The first-order chi connectivity index (χ1) is 13.5. The minimum atomic E-state index is -4.71. The molecule has 0 radical (unpaired) electrons. The van der Waals surface area contributed by atoms with Crippen LogP contribution in [0.25, 0.3) is 0 Å². The molecule has 1 saturated heterocycles. The molecule has 1 aromatic rings. The van der Waals surface area contributed by atoms with Crippen molar-refractivity contribution in [2.24, 2.45) is 0 Å². The van der Waals surface area contributed by atoms with Crippen LogP contribution < -0.4 is 4.90 Å². The fourth-order valence-electron chi connectivity index (χ4n) is 3.20. The molecule has 0 spiro atoms. The summed E-state index contributed by atoms with van der Waals surface area (Å²) in [5.74, 6) is -0.913. The first-order valence-electron chi connectivity index (χ1n) is 9.08. The number of hydrogen-bond donors (Lipinski definition) is 1. The molecule has 1 atom stereocenters. The van der Waals surface area contributed by atoms with E-state index in [1.165, 1.54) is 24.9 Å². The monoisotopic (exact) mass is 408 g/mol. The molecule has 156 valence electrons. The Kier molecular flexibility index (Phi) is 6.57. The van der Waals surface area contributed by atoms with Crippen molar-refractivity contribution < 1.29 is 23.1 Å². The quantitative estimate of drug-likeness (QED) is 0.600. The van der Waals surface area contributed by atoms with Crippen LogP contribution in [-0.2, 0) is 11.0 Å². The number of halogens is 3. The van der Waals surface area contributed by atoms with Gasteiger partial charge in [0.2, 0.25) is 0 Å². The van der Waals surface area contributed by atoms with E-state index >= 15 is 0 Å². The smallest absolute Gasteiger partial charge is 0.417 e. The first kappa shape index (κ1) is 22.3. The zero-order valence-electron chi connectivity index (χ0n) is 16.7. The van der Waals surface area contributed by atoms with E-state index in [9.17, 15) is 28.3 Å². The maximum atomic E-state index is 13.4. The molecule has 1 fully saturated rings. The Morgan fingerprint density at radius 3 is 2.69 bits per heavy atom. The summed E-state index contributed by atoms with van der Waals surface area (Å²) < 4.78 is 40.2. The van der Waals surface area contributed by atoms with Gasteiger partial charge in [-0.1, -0.05) is 11.6 Å². The Hall–Kier alpha value is -3.02. The summed E-state index contributed by atoms with van der Waals surface area (Å²) in [7, 11) is 1.39. The molecule has 9 heteroatoms. The molecule has 0 aromatic carbocycles. The maximum absolute atomic E-state index is 13.4. The van der Waals surface area contributed by atoms with E-state index in [1.807, 2.05) is 0 Å². The average Bonchev–Trinajstić information content (AvgIpc) is 3.14. The Bertz CT molecular complexity index is 900. The number of aryl methyl sites for hydroxylation is 1. The predicted octanol–water partition coefficient (Wildman–Crippen LogP) is 4.07. The summed E-state index contributed by atoms with van der Waals surface area (Å²) in [4.78, 5) is 19.6. The number of amides is 1. The van der Waals surface area contributed by atoms with Gasteiger partial charge in [0.15, 0.2) is 5.88 Å². The van der Waals surface area contributed by atoms with Gasteiger partial charge in [-0.15, -0.1) is 0 Å². The van der Waals surface area contributed by atoms with Crippen LogP contribution >= 0.6 is 0 Å². The van der Waals surface area contributed by atoms with Crippen LogP contribution in [0.1, 0.15) is 43.5 Å². The van der Waals surface area contributed by atoms with Crippen molar-refractivity contribution in [3.8, 4) is 6.07 Å². The minimum Gasteiger partial charge on any atom is -0.494 e. The van der Waals surface area contributed by atoms with Crippen molar-refractivity contribution in [1.82, 2.24) is 9.88 Å². The fourth-order valence-corrected chi connectivity index (χ4v) is 3.20. The number of carbonyl (C=O) groups is 1. The summed E-state index contributed by atoms with van der Waals surface area (Å²) in [6, 6.07) is 1.60. The van der Waals surface area contributed by atoms with Crippen molar-refractivity contribution in [2.45, 2.75) is 45.8 Å². The second kappa shape index (κ2) is 8.55. The number of carbonyl (C=O) groups excluding carboxylic acids is 1. The van der Waals surface area contributed by atoms with Gasteiger partial charge in [-0.05, 0) is 39.7 Å². The van der Waals surface area contributed by atoms with E-state index in [2.05, 4.69) is 4.98 Å². The number of alkyl halides is 3. The Balaban J connectivity index is 2.46. The number of likely N-dealkylation sites (N-methyl/N-ethyl adjacent to an activating group) is 1. The Morgan fingerprint density at radius 1 is 1.48 bits per heavy atom. The summed E-state index contributed by atoms with van der Waals surface area (Å²) in [5, 5.41) is 19.6. The lowest BCUT2D eigenvalue weighted by Gasteiger charge is -2.29. The molecule has 1 N–H and O–H groups in total. The molecular formula is C20H23F3N4O2. The highest BCUT2D eigenvalue weighted by molar-refractivity contribution is 5.87. The summed E-state index contributed by atoms with van der Waals surface area (Å²) >= 11 is 0. The molecule has 2 heterocycles. The lowest BCUT2D eigenvalue weighted by atomic mass is 10.1. The molecule has 1 aliphatic heterocycles. The van der Waals surface area contributed by atoms with Crippen molar-refractivity contribution in [1.29, 1.82) is 5.26 Å². The van der Waals surface area contributed by atoms with Gasteiger partial charge in [0.25, 0.3) is 5.91 Å². The highest BCUT2D eigenvalue weighted by atomic mass is 19.4. The highest BCUT2D eigenvalue weighted by Crippen LogP contribution is 2.37. The van der Waals surface area contributed by atoms with E-state index in [0.717, 1.165) is 16.5 Å². The molecule has 0 bridgehead atoms. The summed E-state index contributed by atoms with van der Waals surface area (Å²) in [5.41, 5.74) is -0.827. The van der Waals surface area contributed by atoms with Gasteiger partial charge in [-0.3, -0.25) is 9.69 Å². The van der Waals surface area contributed by atoms with Gasteiger partial charge in [0.05, 0.1) is 5.56 Å². The number of rotatable bonds is 4. The second-order valence-corrected chi connectivity index (χ2v) is 6.90. The van der Waals surface area contributed by atoms with Crippen molar-refractivity contribution in [3.63, 3.8) is 0 Å². The van der Waals surface area contributed by atoms with E-state index in [-0.39, 0.29) is 23.9 Å². The number of aliphatic hydroxyl groups is 1. The van der Waals surface area contributed by atoms with Crippen LogP contribution in [0.2, 0.25) is 0 Å². The van der Waals surface area contributed by atoms with Crippen molar-refractivity contribution >= 4 is 11.7 Å². The molecule has 0 aliphatic carbocycles. The number of anilines is 1. The SMILES string of the molecule is C/C=C(C)\C=C(/O)N(C)C(=O)C1CCCN1c1nc(C)cc(C(F)(F)F)c1C#N. The fraction of sp³-hybridized carbons (Fsp3) is 0.450. The first-order valence-corrected chi connectivity index (χ1v) is 9.08. The minimum absolute atomic E-state index is 0.101. The highest BCUT2D eigenvalue weighted by Gasteiger charge is 2.40. The molecular weight excluding hydrogens is 385 g/mol. The Morgan fingerprint density at radius 2 is 2.14 bits per heavy atom. The van der Waals surface area contributed by atoms with E-state index in [4.69, 9.17) is 0 Å². The number of nitriles is 1. The third kappa shape index (κ3) is 4.70. The van der Waals surface area contributed by atoms with Gasteiger partial charge in [-0.25, -0.2) is 4.98 Å². The number of hydrogen-bond acceptors (Lipinski definition) is 5. The zero-order chi connectivity index (χ0) is 21.9. The van der Waals surface area contributed by atoms with Crippen molar-refractivity contribution in [3.05, 3.63) is 46.5 Å². The topological polar surface area (TPSA) is 80.5 Å². The van der Waals surface area contributed by atoms with Crippen LogP contribution in [-0.4, -0.2) is 40.5 Å². The third-order valence-electron chi connectivity index (χ3n) is 4.84. The lowest BCUT2D eigenvalue weighted by molar-refractivity contribution is -0.137. The van der Waals surface area contributed by atoms with Crippen LogP contribution in [0.15, 0.2) is 29.7 Å². The number of nitrogens with zero attached hydrogens (tertiary/aromatic N) is 4.